The van der Waals surface area contributed by atoms with Crippen LogP contribution in [0.4, 0.5) is 0 Å². The summed E-state index contributed by atoms with van der Waals surface area (Å²) in [6, 6.07) is 7.90. The molecule has 1 heterocycles. The number of methoxy groups -OCH3 is 1. The van der Waals surface area contributed by atoms with Crippen LogP contribution >= 0.6 is 11.3 Å². The van der Waals surface area contributed by atoms with Crippen molar-refractivity contribution in [2.45, 2.75) is 13.5 Å². The lowest BCUT2D eigenvalue weighted by atomic mass is 10.2. The van der Waals surface area contributed by atoms with Gasteiger partial charge >= 0.3 is 0 Å². The molecule has 0 saturated carbocycles. The van der Waals surface area contributed by atoms with Crippen LogP contribution in [0, 0.1) is 6.92 Å². The highest BCUT2D eigenvalue weighted by Crippen LogP contribution is 2.28. The third kappa shape index (κ3) is 2.08. The van der Waals surface area contributed by atoms with Gasteiger partial charge in [0.2, 0.25) is 0 Å². The maximum Gasteiger partial charge on any atom is 0.123 e. The van der Waals surface area contributed by atoms with E-state index in [1.165, 1.54) is 0 Å². The lowest BCUT2D eigenvalue weighted by Gasteiger charge is -1.99. The number of hydrogen-bond acceptors (Lipinski definition) is 4. The predicted octanol–water partition coefficient (Wildman–Crippen LogP) is 2.59. The summed E-state index contributed by atoms with van der Waals surface area (Å²) < 4.78 is 5.12. The normalized spacial score (nSPS) is 10.4. The smallest absolute Gasteiger partial charge is 0.123 e. The number of nitrogens with zero attached hydrogens (tertiary/aromatic N) is 1. The van der Waals surface area contributed by atoms with Crippen LogP contribution in [0.5, 0.6) is 5.75 Å². The third-order valence-electron chi connectivity index (χ3n) is 2.42. The molecule has 84 valence electrons. The largest absolute Gasteiger partial charge is 0.497 e. The molecule has 1 aromatic heterocycles. The van der Waals surface area contributed by atoms with E-state index in [1.54, 1.807) is 18.4 Å². The van der Waals surface area contributed by atoms with E-state index in [1.807, 2.05) is 31.2 Å². The molecule has 3 nitrogen and oxygen atoms in total. The molecule has 0 saturated heterocycles. The minimum Gasteiger partial charge on any atom is -0.497 e. The summed E-state index contributed by atoms with van der Waals surface area (Å²) in [7, 11) is 1.66. The van der Waals surface area contributed by atoms with Crippen LogP contribution in [-0.2, 0) is 6.54 Å². The van der Waals surface area contributed by atoms with Crippen LogP contribution in [0.15, 0.2) is 24.3 Å². The number of aromatic nitrogens is 1. The van der Waals surface area contributed by atoms with Crippen molar-refractivity contribution < 1.29 is 4.74 Å². The second-order valence-corrected chi connectivity index (χ2v) is 4.54. The van der Waals surface area contributed by atoms with Crippen molar-refractivity contribution in [2.24, 2.45) is 5.73 Å². The average Bonchev–Trinajstić information content (AvgIpc) is 2.71. The van der Waals surface area contributed by atoms with Crippen molar-refractivity contribution in [1.29, 1.82) is 0 Å². The van der Waals surface area contributed by atoms with E-state index in [0.717, 1.165) is 26.9 Å². The second kappa shape index (κ2) is 4.63. The van der Waals surface area contributed by atoms with E-state index < -0.39 is 0 Å². The number of ether oxygens (including phenoxy) is 1. The van der Waals surface area contributed by atoms with E-state index in [0.29, 0.717) is 6.54 Å². The van der Waals surface area contributed by atoms with Crippen LogP contribution in [0.3, 0.4) is 0 Å². The van der Waals surface area contributed by atoms with Crippen LogP contribution in [0.1, 0.15) is 10.6 Å². The molecule has 0 aliphatic heterocycles. The number of nitrogens with two attached hydrogens (primary N) is 1. The predicted molar refractivity (Wildman–Crippen MR) is 66.7 cm³/mol. The Kier molecular flexibility index (Phi) is 3.22. The Balaban J connectivity index is 2.34. The van der Waals surface area contributed by atoms with Crippen molar-refractivity contribution in [3.05, 3.63) is 34.8 Å². The molecule has 0 fully saturated rings. The van der Waals surface area contributed by atoms with E-state index in [2.05, 4.69) is 4.98 Å². The molecule has 0 bridgehead atoms. The van der Waals surface area contributed by atoms with E-state index in [-0.39, 0.29) is 0 Å². The van der Waals surface area contributed by atoms with Gasteiger partial charge in [-0.15, -0.1) is 11.3 Å². The Hall–Kier alpha value is -1.39. The van der Waals surface area contributed by atoms with Crippen LogP contribution in [-0.4, -0.2) is 12.1 Å². The van der Waals surface area contributed by atoms with Gasteiger partial charge in [0.1, 0.15) is 10.8 Å². The molecule has 0 amide bonds. The first-order chi connectivity index (χ1) is 7.74. The average molecular weight is 234 g/mol. The van der Waals surface area contributed by atoms with Gasteiger partial charge in [0.25, 0.3) is 0 Å². The van der Waals surface area contributed by atoms with Gasteiger partial charge in [-0.1, -0.05) is 0 Å². The first-order valence-corrected chi connectivity index (χ1v) is 5.87. The van der Waals surface area contributed by atoms with Gasteiger partial charge in [-0.3, -0.25) is 0 Å². The van der Waals surface area contributed by atoms with Gasteiger partial charge in [-0.2, -0.15) is 0 Å². The van der Waals surface area contributed by atoms with E-state index in [9.17, 15) is 0 Å². The van der Waals surface area contributed by atoms with E-state index >= 15 is 0 Å². The highest BCUT2D eigenvalue weighted by atomic mass is 32.1. The molecule has 0 radical (unpaired) electrons. The standard InChI is InChI=1S/C12H14N2OS/c1-8-11(7-13)16-12(14-8)9-3-5-10(15-2)6-4-9/h3-6H,7,13H2,1-2H3. The van der Waals surface area contributed by atoms with Gasteiger partial charge in [-0.25, -0.2) is 4.98 Å². The lowest BCUT2D eigenvalue weighted by molar-refractivity contribution is 0.415. The van der Waals surface area contributed by atoms with Crippen molar-refractivity contribution in [1.82, 2.24) is 4.98 Å². The Labute approximate surface area is 98.9 Å². The van der Waals surface area contributed by atoms with Gasteiger partial charge in [0.05, 0.1) is 12.8 Å². The molecule has 0 spiro atoms. The molecule has 0 aliphatic carbocycles. The zero-order valence-electron chi connectivity index (χ0n) is 9.36. The highest BCUT2D eigenvalue weighted by Gasteiger charge is 2.07. The first-order valence-electron chi connectivity index (χ1n) is 5.05. The van der Waals surface area contributed by atoms with Crippen molar-refractivity contribution in [2.75, 3.05) is 7.11 Å². The Bertz CT molecular complexity index is 476. The molecular formula is C12H14N2OS. The first kappa shape index (κ1) is 11.1. The number of thiazole rings is 1. The summed E-state index contributed by atoms with van der Waals surface area (Å²) in [5.74, 6) is 0.857. The maximum absolute atomic E-state index is 5.64. The molecule has 2 N–H and O–H groups in total. The summed E-state index contributed by atoms with van der Waals surface area (Å²) in [6.45, 7) is 2.55. The summed E-state index contributed by atoms with van der Waals surface area (Å²) in [5, 5.41) is 1.01. The fourth-order valence-corrected chi connectivity index (χ4v) is 2.42. The van der Waals surface area contributed by atoms with Gasteiger partial charge in [-0.05, 0) is 31.2 Å². The summed E-state index contributed by atoms with van der Waals surface area (Å²) >= 11 is 1.65. The van der Waals surface area contributed by atoms with Crippen molar-refractivity contribution >= 4 is 11.3 Å². The minimum absolute atomic E-state index is 0.555. The van der Waals surface area contributed by atoms with Gasteiger partial charge < -0.3 is 10.5 Å². The quantitative estimate of drug-likeness (QED) is 0.888. The molecule has 2 rings (SSSR count). The Morgan fingerprint density at radius 3 is 2.50 bits per heavy atom. The Morgan fingerprint density at radius 2 is 2.00 bits per heavy atom. The molecule has 2 aromatic rings. The maximum atomic E-state index is 5.64. The topological polar surface area (TPSA) is 48.1 Å². The fourth-order valence-electron chi connectivity index (χ4n) is 1.47. The zero-order valence-corrected chi connectivity index (χ0v) is 10.2. The second-order valence-electron chi connectivity index (χ2n) is 3.46. The number of rotatable bonds is 3. The Morgan fingerprint density at radius 1 is 1.31 bits per heavy atom. The molecule has 0 atom stereocenters. The molecule has 4 heteroatoms. The molecule has 1 aromatic carbocycles. The van der Waals surface area contributed by atoms with Crippen LogP contribution < -0.4 is 10.5 Å². The summed E-state index contributed by atoms with van der Waals surface area (Å²) in [5.41, 5.74) is 7.77. The molecule has 16 heavy (non-hydrogen) atoms. The monoisotopic (exact) mass is 234 g/mol. The summed E-state index contributed by atoms with van der Waals surface area (Å²) in [4.78, 5) is 5.65. The van der Waals surface area contributed by atoms with Gasteiger partial charge in [0, 0.05) is 17.0 Å². The molecular weight excluding hydrogens is 220 g/mol. The summed E-state index contributed by atoms with van der Waals surface area (Å²) in [6.07, 6.45) is 0. The van der Waals surface area contributed by atoms with Crippen LogP contribution in [0.25, 0.3) is 10.6 Å². The zero-order chi connectivity index (χ0) is 11.5. The molecule has 0 aliphatic rings. The highest BCUT2D eigenvalue weighted by molar-refractivity contribution is 7.15. The minimum atomic E-state index is 0.555. The molecule has 0 unspecified atom stereocenters. The van der Waals surface area contributed by atoms with Crippen LogP contribution in [0.2, 0.25) is 0 Å². The lowest BCUT2D eigenvalue weighted by Crippen LogP contribution is -1.94. The van der Waals surface area contributed by atoms with Crippen molar-refractivity contribution in [3.8, 4) is 16.3 Å². The fraction of sp³-hybridized carbons (Fsp3) is 0.250. The number of benzene rings is 1. The third-order valence-corrected chi connectivity index (χ3v) is 3.64. The van der Waals surface area contributed by atoms with E-state index in [4.69, 9.17) is 10.5 Å². The SMILES string of the molecule is COc1ccc(-c2nc(C)c(CN)s2)cc1. The van der Waals surface area contributed by atoms with Gasteiger partial charge in [0.15, 0.2) is 0 Å². The number of hydrogen-bond donors (Lipinski definition) is 1. The van der Waals surface area contributed by atoms with Crippen molar-refractivity contribution in [3.63, 3.8) is 0 Å². The number of aryl methyl sites for hydroxylation is 1.